The molecule has 1 N–H and O–H groups in total. The summed E-state index contributed by atoms with van der Waals surface area (Å²) in [4.78, 5) is 27.2. The highest BCUT2D eigenvalue weighted by Gasteiger charge is 2.22. The Hall–Kier alpha value is -3.54. The summed E-state index contributed by atoms with van der Waals surface area (Å²) in [5.74, 6) is -2.69. The number of rotatable bonds is 3. The molecule has 0 saturated heterocycles. The fourth-order valence-electron chi connectivity index (χ4n) is 3.42. The second-order valence-corrected chi connectivity index (χ2v) is 6.91. The van der Waals surface area contributed by atoms with Gasteiger partial charge in [0.25, 0.3) is 11.8 Å². The highest BCUT2D eigenvalue weighted by Crippen LogP contribution is 2.21. The van der Waals surface area contributed by atoms with Crippen molar-refractivity contribution in [2.24, 2.45) is 0 Å². The maximum absolute atomic E-state index is 13.3. The van der Waals surface area contributed by atoms with E-state index in [4.69, 9.17) is 0 Å². The molecule has 3 aromatic rings. The molecule has 1 heterocycles. The van der Waals surface area contributed by atoms with Gasteiger partial charge in [-0.05, 0) is 47.9 Å². The number of nitrogens with zero attached hydrogens (tertiary/aromatic N) is 1. The Bertz CT molecular complexity index is 1100. The van der Waals surface area contributed by atoms with Gasteiger partial charge in [-0.25, -0.2) is 8.78 Å². The van der Waals surface area contributed by atoms with Crippen molar-refractivity contribution in [1.82, 2.24) is 4.90 Å². The molecule has 2 amide bonds. The Balaban J connectivity index is 1.50. The van der Waals surface area contributed by atoms with Crippen LogP contribution in [-0.4, -0.2) is 23.3 Å². The van der Waals surface area contributed by atoms with E-state index in [2.05, 4.69) is 11.4 Å². The number of carbonyl (C=O) groups is 2. The van der Waals surface area contributed by atoms with Crippen LogP contribution in [0.2, 0.25) is 0 Å². The standard InChI is InChI=1S/C23H18F2N2O2/c24-20-9-8-19(13-21(20)25)26-22(28)16-6-3-7-17(12-16)23(29)27-11-10-15-4-1-2-5-18(15)14-27/h1-9,12-13H,10-11,14H2,(H,26,28). The minimum absolute atomic E-state index is 0.137. The van der Waals surface area contributed by atoms with E-state index in [1.165, 1.54) is 17.7 Å². The van der Waals surface area contributed by atoms with Crippen LogP contribution in [0, 0.1) is 11.6 Å². The molecule has 0 fully saturated rings. The van der Waals surface area contributed by atoms with Crippen LogP contribution in [0.4, 0.5) is 14.5 Å². The molecule has 0 bridgehead atoms. The van der Waals surface area contributed by atoms with E-state index in [0.29, 0.717) is 18.7 Å². The summed E-state index contributed by atoms with van der Waals surface area (Å²) in [6.07, 6.45) is 0.790. The Morgan fingerprint density at radius 1 is 0.828 bits per heavy atom. The lowest BCUT2D eigenvalue weighted by atomic mass is 9.99. The summed E-state index contributed by atoms with van der Waals surface area (Å²) in [7, 11) is 0. The van der Waals surface area contributed by atoms with Crippen molar-refractivity contribution in [3.8, 4) is 0 Å². The fraction of sp³-hybridized carbons (Fsp3) is 0.130. The average molecular weight is 392 g/mol. The lowest BCUT2D eigenvalue weighted by Gasteiger charge is -2.29. The van der Waals surface area contributed by atoms with Crippen molar-refractivity contribution in [2.75, 3.05) is 11.9 Å². The van der Waals surface area contributed by atoms with E-state index in [0.717, 1.165) is 24.1 Å². The zero-order valence-corrected chi connectivity index (χ0v) is 15.5. The fourth-order valence-corrected chi connectivity index (χ4v) is 3.42. The number of halogens is 2. The Labute approximate surface area is 166 Å². The maximum atomic E-state index is 13.3. The predicted octanol–water partition coefficient (Wildman–Crippen LogP) is 4.42. The average Bonchev–Trinajstić information content (AvgIpc) is 2.75. The first-order chi connectivity index (χ1) is 14.0. The van der Waals surface area contributed by atoms with Gasteiger partial charge in [-0.2, -0.15) is 0 Å². The van der Waals surface area contributed by atoms with Gasteiger partial charge in [-0.3, -0.25) is 9.59 Å². The van der Waals surface area contributed by atoms with E-state index in [1.54, 1.807) is 23.1 Å². The van der Waals surface area contributed by atoms with Crippen LogP contribution in [0.5, 0.6) is 0 Å². The Morgan fingerprint density at radius 2 is 1.59 bits per heavy atom. The smallest absolute Gasteiger partial charge is 0.255 e. The first-order valence-corrected chi connectivity index (χ1v) is 9.24. The van der Waals surface area contributed by atoms with Gasteiger partial charge >= 0.3 is 0 Å². The highest BCUT2D eigenvalue weighted by molar-refractivity contribution is 6.06. The molecular formula is C23H18F2N2O2. The summed E-state index contributed by atoms with van der Waals surface area (Å²) < 4.78 is 26.4. The largest absolute Gasteiger partial charge is 0.334 e. The van der Waals surface area contributed by atoms with Crippen LogP contribution < -0.4 is 5.32 Å². The number of amides is 2. The normalized spacial score (nSPS) is 13.0. The van der Waals surface area contributed by atoms with Gasteiger partial charge in [0.15, 0.2) is 11.6 Å². The van der Waals surface area contributed by atoms with E-state index < -0.39 is 17.5 Å². The van der Waals surface area contributed by atoms with Gasteiger partial charge < -0.3 is 10.2 Å². The topological polar surface area (TPSA) is 49.4 Å². The van der Waals surface area contributed by atoms with Crippen LogP contribution in [0.1, 0.15) is 31.8 Å². The van der Waals surface area contributed by atoms with E-state index in [9.17, 15) is 18.4 Å². The monoisotopic (exact) mass is 392 g/mol. The molecule has 3 aromatic carbocycles. The van der Waals surface area contributed by atoms with Crippen LogP contribution in [0.15, 0.2) is 66.7 Å². The first-order valence-electron chi connectivity index (χ1n) is 9.24. The van der Waals surface area contributed by atoms with Crippen LogP contribution >= 0.6 is 0 Å². The van der Waals surface area contributed by atoms with Crippen molar-refractivity contribution < 1.29 is 18.4 Å². The zero-order chi connectivity index (χ0) is 20.4. The number of hydrogen-bond acceptors (Lipinski definition) is 2. The lowest BCUT2D eigenvalue weighted by Crippen LogP contribution is -2.36. The molecule has 0 aliphatic carbocycles. The Morgan fingerprint density at radius 3 is 2.38 bits per heavy atom. The summed E-state index contributed by atoms with van der Waals surface area (Å²) >= 11 is 0. The molecule has 4 nitrogen and oxygen atoms in total. The number of anilines is 1. The second-order valence-electron chi connectivity index (χ2n) is 6.91. The van der Waals surface area contributed by atoms with Crippen molar-refractivity contribution in [3.63, 3.8) is 0 Å². The molecule has 146 valence electrons. The van der Waals surface area contributed by atoms with Gasteiger partial charge in [-0.1, -0.05) is 30.3 Å². The van der Waals surface area contributed by atoms with Gasteiger partial charge in [0.1, 0.15) is 0 Å². The summed E-state index contributed by atoms with van der Waals surface area (Å²) in [6, 6.07) is 17.5. The SMILES string of the molecule is O=C(Nc1ccc(F)c(F)c1)c1cccc(C(=O)N2CCc3ccccc3C2)c1. The van der Waals surface area contributed by atoms with Crippen LogP contribution in [-0.2, 0) is 13.0 Å². The van der Waals surface area contributed by atoms with Gasteiger partial charge in [0.05, 0.1) is 0 Å². The summed E-state index contributed by atoms with van der Waals surface area (Å²) in [6.45, 7) is 1.14. The van der Waals surface area contributed by atoms with Gasteiger partial charge in [0.2, 0.25) is 0 Å². The molecule has 0 unspecified atom stereocenters. The molecule has 4 rings (SSSR count). The highest BCUT2D eigenvalue weighted by atomic mass is 19.2. The Kier molecular flexibility index (Phi) is 5.08. The van der Waals surface area contributed by atoms with Crippen LogP contribution in [0.3, 0.4) is 0 Å². The molecule has 0 atom stereocenters. The zero-order valence-electron chi connectivity index (χ0n) is 15.5. The van der Waals surface area contributed by atoms with E-state index in [1.807, 2.05) is 18.2 Å². The van der Waals surface area contributed by atoms with E-state index in [-0.39, 0.29) is 17.2 Å². The number of fused-ring (bicyclic) bond motifs is 1. The molecule has 1 aliphatic rings. The number of benzene rings is 3. The van der Waals surface area contributed by atoms with E-state index >= 15 is 0 Å². The van der Waals surface area contributed by atoms with Crippen molar-refractivity contribution >= 4 is 17.5 Å². The maximum Gasteiger partial charge on any atom is 0.255 e. The summed E-state index contributed by atoms with van der Waals surface area (Å²) in [5, 5.41) is 2.51. The minimum Gasteiger partial charge on any atom is -0.334 e. The number of hydrogen-bond donors (Lipinski definition) is 1. The minimum atomic E-state index is -1.04. The third kappa shape index (κ3) is 4.01. The van der Waals surface area contributed by atoms with Gasteiger partial charge in [-0.15, -0.1) is 0 Å². The lowest BCUT2D eigenvalue weighted by molar-refractivity contribution is 0.0734. The van der Waals surface area contributed by atoms with Gasteiger partial charge in [0, 0.05) is 36.0 Å². The number of carbonyl (C=O) groups excluding carboxylic acids is 2. The predicted molar refractivity (Wildman–Crippen MR) is 106 cm³/mol. The van der Waals surface area contributed by atoms with Crippen molar-refractivity contribution in [2.45, 2.75) is 13.0 Å². The third-order valence-electron chi connectivity index (χ3n) is 4.97. The van der Waals surface area contributed by atoms with Crippen molar-refractivity contribution in [1.29, 1.82) is 0 Å². The van der Waals surface area contributed by atoms with Crippen LogP contribution in [0.25, 0.3) is 0 Å². The first kappa shape index (κ1) is 18.8. The number of nitrogens with one attached hydrogen (secondary N) is 1. The second kappa shape index (κ2) is 7.83. The van der Waals surface area contributed by atoms with Crippen molar-refractivity contribution in [3.05, 3.63) is 101 Å². The molecular weight excluding hydrogens is 374 g/mol. The molecule has 1 aliphatic heterocycles. The molecule has 0 saturated carbocycles. The summed E-state index contributed by atoms with van der Waals surface area (Å²) in [5.41, 5.74) is 3.18. The quantitative estimate of drug-likeness (QED) is 0.718. The molecule has 6 heteroatoms. The molecule has 0 aromatic heterocycles. The molecule has 29 heavy (non-hydrogen) atoms. The molecule has 0 radical (unpaired) electrons. The third-order valence-corrected chi connectivity index (χ3v) is 4.97. The molecule has 0 spiro atoms.